The molecule has 2 aromatic carbocycles. The zero-order valence-electron chi connectivity index (χ0n) is 14.3. The van der Waals surface area contributed by atoms with Gasteiger partial charge >= 0.3 is 0 Å². The number of amides is 2. The Bertz CT molecular complexity index is 825. The van der Waals surface area contributed by atoms with Crippen LogP contribution in [0.25, 0.3) is 0 Å². The van der Waals surface area contributed by atoms with Gasteiger partial charge in [0.2, 0.25) is 11.8 Å². The van der Waals surface area contributed by atoms with Crippen molar-refractivity contribution >= 4 is 23.4 Å². The van der Waals surface area contributed by atoms with Crippen LogP contribution in [0.1, 0.15) is 29.5 Å². The second-order valence-electron chi connectivity index (χ2n) is 6.38. The molecule has 0 bridgehead atoms. The van der Waals surface area contributed by atoms with Gasteiger partial charge in [0.15, 0.2) is 0 Å². The highest BCUT2D eigenvalue weighted by molar-refractivity contribution is 6.30. The molecule has 1 aliphatic heterocycles. The first kappa shape index (κ1) is 18.4. The molecule has 0 aliphatic carbocycles. The van der Waals surface area contributed by atoms with E-state index in [0.29, 0.717) is 30.1 Å². The first-order chi connectivity index (χ1) is 12.5. The van der Waals surface area contributed by atoms with Gasteiger partial charge in [0.25, 0.3) is 0 Å². The average molecular weight is 375 g/mol. The number of benzene rings is 2. The Hall–Kier alpha value is -2.40. The summed E-state index contributed by atoms with van der Waals surface area (Å²) in [6.07, 6.45) is 1.45. The van der Waals surface area contributed by atoms with Crippen molar-refractivity contribution in [1.82, 2.24) is 10.2 Å². The predicted octanol–water partition coefficient (Wildman–Crippen LogP) is 3.46. The number of carbonyl (C=O) groups excluding carboxylic acids is 2. The first-order valence-electron chi connectivity index (χ1n) is 8.58. The Kier molecular flexibility index (Phi) is 5.89. The van der Waals surface area contributed by atoms with E-state index in [1.165, 1.54) is 12.1 Å². The number of halogens is 2. The number of nitrogens with one attached hydrogen (secondary N) is 1. The lowest BCUT2D eigenvalue weighted by molar-refractivity contribution is -0.128. The monoisotopic (exact) mass is 374 g/mol. The maximum Gasteiger partial charge on any atom is 0.224 e. The van der Waals surface area contributed by atoms with Crippen LogP contribution in [0.2, 0.25) is 5.02 Å². The number of nitrogens with zero attached hydrogens (tertiary/aromatic N) is 1. The molecule has 6 heteroatoms. The quantitative estimate of drug-likeness (QED) is 0.841. The van der Waals surface area contributed by atoms with Gasteiger partial charge in [-0.2, -0.15) is 0 Å². The van der Waals surface area contributed by atoms with Crippen molar-refractivity contribution < 1.29 is 14.0 Å². The van der Waals surface area contributed by atoms with Crippen molar-refractivity contribution in [3.63, 3.8) is 0 Å². The van der Waals surface area contributed by atoms with E-state index in [1.54, 1.807) is 6.07 Å². The minimum atomic E-state index is -0.486. The number of rotatable bonds is 6. The number of likely N-dealkylation sites (tertiary alicyclic amines) is 1. The van der Waals surface area contributed by atoms with E-state index in [0.717, 1.165) is 24.1 Å². The van der Waals surface area contributed by atoms with Crippen molar-refractivity contribution in [2.24, 2.45) is 0 Å². The zero-order valence-corrected chi connectivity index (χ0v) is 15.1. The first-order valence-corrected chi connectivity index (χ1v) is 8.96. The van der Waals surface area contributed by atoms with Gasteiger partial charge in [-0.3, -0.25) is 9.59 Å². The summed E-state index contributed by atoms with van der Waals surface area (Å²) in [5, 5.41) is 3.13. The van der Waals surface area contributed by atoms with Crippen molar-refractivity contribution in [2.45, 2.75) is 32.4 Å². The Morgan fingerprint density at radius 2 is 1.92 bits per heavy atom. The van der Waals surface area contributed by atoms with E-state index in [-0.39, 0.29) is 18.2 Å². The van der Waals surface area contributed by atoms with Crippen molar-refractivity contribution in [3.05, 3.63) is 70.0 Å². The van der Waals surface area contributed by atoms with E-state index >= 15 is 0 Å². The largest absolute Gasteiger partial charge is 0.352 e. The van der Waals surface area contributed by atoms with Crippen LogP contribution < -0.4 is 5.32 Å². The highest BCUT2D eigenvalue weighted by atomic mass is 35.5. The summed E-state index contributed by atoms with van der Waals surface area (Å²) in [6.45, 7) is 1.66. The molecule has 1 heterocycles. The van der Waals surface area contributed by atoms with Gasteiger partial charge in [0.1, 0.15) is 5.82 Å². The molecular formula is C20H20ClFN2O2. The Morgan fingerprint density at radius 1 is 1.15 bits per heavy atom. The molecule has 1 saturated heterocycles. The Morgan fingerprint density at radius 3 is 2.62 bits per heavy atom. The van der Waals surface area contributed by atoms with Crippen LogP contribution in [-0.4, -0.2) is 23.3 Å². The molecular weight excluding hydrogens is 355 g/mol. The van der Waals surface area contributed by atoms with Gasteiger partial charge in [-0.15, -0.1) is 0 Å². The number of hydrogen-bond acceptors (Lipinski definition) is 2. The topological polar surface area (TPSA) is 49.4 Å². The van der Waals surface area contributed by atoms with E-state index in [1.807, 2.05) is 29.2 Å². The fourth-order valence-electron chi connectivity index (χ4n) is 3.06. The molecule has 1 aliphatic rings. The Balaban J connectivity index is 1.60. The Labute approximate surface area is 157 Å². The fraction of sp³-hybridized carbons (Fsp3) is 0.300. The van der Waals surface area contributed by atoms with Crippen LogP contribution in [0.15, 0.2) is 42.5 Å². The normalized spacial score (nSPS) is 13.9. The smallest absolute Gasteiger partial charge is 0.224 e. The van der Waals surface area contributed by atoms with Crippen LogP contribution in [-0.2, 0) is 29.1 Å². The molecule has 0 saturated carbocycles. The average Bonchev–Trinajstić information content (AvgIpc) is 3.01. The van der Waals surface area contributed by atoms with Gasteiger partial charge in [0.05, 0.1) is 6.42 Å². The molecule has 3 rings (SSSR count). The second-order valence-corrected chi connectivity index (χ2v) is 6.81. The summed E-state index contributed by atoms with van der Waals surface area (Å²) >= 11 is 5.72. The van der Waals surface area contributed by atoms with Gasteiger partial charge < -0.3 is 10.2 Å². The summed E-state index contributed by atoms with van der Waals surface area (Å²) in [6, 6.07) is 12.0. The highest BCUT2D eigenvalue weighted by Crippen LogP contribution is 2.18. The summed E-state index contributed by atoms with van der Waals surface area (Å²) in [4.78, 5) is 25.8. The van der Waals surface area contributed by atoms with Crippen LogP contribution in [0.5, 0.6) is 0 Å². The zero-order chi connectivity index (χ0) is 18.5. The van der Waals surface area contributed by atoms with E-state index in [2.05, 4.69) is 5.32 Å². The molecule has 1 N–H and O–H groups in total. The molecule has 26 heavy (non-hydrogen) atoms. The summed E-state index contributed by atoms with van der Waals surface area (Å²) < 4.78 is 13.8. The molecule has 1 fully saturated rings. The lowest BCUT2D eigenvalue weighted by Gasteiger charge is -2.18. The number of carbonyl (C=O) groups is 2. The van der Waals surface area contributed by atoms with E-state index in [4.69, 9.17) is 11.6 Å². The van der Waals surface area contributed by atoms with E-state index in [9.17, 15) is 14.0 Å². The maximum absolute atomic E-state index is 13.8. The third-order valence-corrected chi connectivity index (χ3v) is 4.73. The lowest BCUT2D eigenvalue weighted by atomic mass is 10.1. The minimum Gasteiger partial charge on any atom is -0.352 e. The fourth-order valence-corrected chi connectivity index (χ4v) is 3.21. The molecule has 2 amide bonds. The lowest BCUT2D eigenvalue weighted by Crippen LogP contribution is -2.27. The van der Waals surface area contributed by atoms with Crippen LogP contribution in [0.3, 0.4) is 0 Å². The molecule has 0 spiro atoms. The standard InChI is InChI=1S/C20H20ClFN2O2/c21-17-8-7-14(18(22)11-17)10-19(25)23-12-15-4-1-2-5-16(15)13-24-9-3-6-20(24)26/h1-2,4-5,7-8,11H,3,6,9-10,12-13H2,(H,23,25). The van der Waals surface area contributed by atoms with Gasteiger partial charge in [-0.25, -0.2) is 4.39 Å². The molecule has 4 nitrogen and oxygen atoms in total. The summed E-state index contributed by atoms with van der Waals surface area (Å²) in [5.41, 5.74) is 2.28. The van der Waals surface area contributed by atoms with E-state index < -0.39 is 5.82 Å². The predicted molar refractivity (Wildman–Crippen MR) is 98.1 cm³/mol. The minimum absolute atomic E-state index is 0.0459. The van der Waals surface area contributed by atoms with Gasteiger partial charge in [-0.1, -0.05) is 41.9 Å². The summed E-state index contributed by atoms with van der Waals surface area (Å²) in [5.74, 6) is -0.582. The van der Waals surface area contributed by atoms with Crippen molar-refractivity contribution in [2.75, 3.05) is 6.54 Å². The maximum atomic E-state index is 13.8. The van der Waals surface area contributed by atoms with Crippen LogP contribution in [0.4, 0.5) is 4.39 Å². The molecule has 0 radical (unpaired) electrons. The molecule has 0 aromatic heterocycles. The highest BCUT2D eigenvalue weighted by Gasteiger charge is 2.21. The van der Waals surface area contributed by atoms with Crippen molar-refractivity contribution in [1.29, 1.82) is 0 Å². The SMILES string of the molecule is O=C(Cc1ccc(Cl)cc1F)NCc1ccccc1CN1CCCC1=O. The summed E-state index contributed by atoms with van der Waals surface area (Å²) in [7, 11) is 0. The molecule has 2 aromatic rings. The molecule has 0 atom stereocenters. The van der Waals surface area contributed by atoms with Crippen LogP contribution in [0, 0.1) is 5.82 Å². The molecule has 136 valence electrons. The third-order valence-electron chi connectivity index (χ3n) is 4.49. The van der Waals surface area contributed by atoms with Gasteiger partial charge in [-0.05, 0) is 35.2 Å². The second kappa shape index (κ2) is 8.32. The third kappa shape index (κ3) is 4.61. The molecule has 0 unspecified atom stereocenters. The van der Waals surface area contributed by atoms with Crippen LogP contribution >= 0.6 is 11.6 Å². The van der Waals surface area contributed by atoms with Crippen molar-refractivity contribution in [3.8, 4) is 0 Å². The number of hydrogen-bond donors (Lipinski definition) is 1. The van der Waals surface area contributed by atoms with Gasteiger partial charge in [0, 0.05) is 31.1 Å².